The van der Waals surface area contributed by atoms with Crippen molar-refractivity contribution in [3.05, 3.63) is 52.0 Å². The molecule has 0 aliphatic carbocycles. The number of phenols is 1. The number of nitrogens with one attached hydrogen (secondary N) is 1. The van der Waals surface area contributed by atoms with Gasteiger partial charge < -0.3 is 16.2 Å². The highest BCUT2D eigenvalue weighted by Crippen LogP contribution is 2.25. The van der Waals surface area contributed by atoms with Gasteiger partial charge in [0.05, 0.1) is 5.69 Å². The predicted octanol–water partition coefficient (Wildman–Crippen LogP) is 3.30. The first kappa shape index (κ1) is 13.4. The summed E-state index contributed by atoms with van der Waals surface area (Å²) in [5.41, 5.74) is 7.99. The molecule has 2 rings (SSSR count). The van der Waals surface area contributed by atoms with E-state index in [0.717, 1.165) is 5.56 Å². The monoisotopic (exact) mass is 320 g/mol. The Labute approximate surface area is 119 Å². The Morgan fingerprint density at radius 3 is 2.63 bits per heavy atom. The van der Waals surface area contributed by atoms with Crippen LogP contribution in [0.3, 0.4) is 0 Å². The van der Waals surface area contributed by atoms with Gasteiger partial charge in [0.2, 0.25) is 0 Å². The normalized spacial score (nSPS) is 10.2. The number of carbonyl (C=O) groups is 1. The van der Waals surface area contributed by atoms with Crippen LogP contribution in [0.4, 0.5) is 11.4 Å². The van der Waals surface area contributed by atoms with E-state index in [1.807, 2.05) is 0 Å². The first-order valence-electron chi connectivity index (χ1n) is 5.63. The molecule has 0 fully saturated rings. The second-order valence-corrected chi connectivity index (χ2v) is 5.05. The molecule has 2 aromatic carbocycles. The lowest BCUT2D eigenvalue weighted by Crippen LogP contribution is -2.12. The molecule has 0 spiro atoms. The molecule has 0 saturated carbocycles. The summed E-state index contributed by atoms with van der Waals surface area (Å²) in [4.78, 5) is 12.0. The molecule has 0 unspecified atom stereocenters. The first-order valence-corrected chi connectivity index (χ1v) is 6.42. The van der Waals surface area contributed by atoms with Gasteiger partial charge in [-0.1, -0.05) is 6.07 Å². The quantitative estimate of drug-likeness (QED) is 0.743. The summed E-state index contributed by atoms with van der Waals surface area (Å²) < 4.78 is 0.706. The molecule has 0 radical (unpaired) electrons. The van der Waals surface area contributed by atoms with Crippen LogP contribution in [0.2, 0.25) is 0 Å². The second-order valence-electron chi connectivity index (χ2n) is 4.19. The van der Waals surface area contributed by atoms with E-state index in [-0.39, 0.29) is 11.7 Å². The van der Waals surface area contributed by atoms with Crippen molar-refractivity contribution in [1.29, 1.82) is 0 Å². The standard InChI is InChI=1S/C14H13BrN2O2/c1-8-2-3-9(6-13(8)18)14(19)17-12-5-4-10(16)7-11(12)15/h2-7,18H,16H2,1H3,(H,17,19). The molecular weight excluding hydrogens is 308 g/mol. The van der Waals surface area contributed by atoms with Crippen LogP contribution in [-0.2, 0) is 0 Å². The van der Waals surface area contributed by atoms with Crippen LogP contribution < -0.4 is 11.1 Å². The number of rotatable bonds is 2. The largest absolute Gasteiger partial charge is 0.508 e. The van der Waals surface area contributed by atoms with Crippen LogP contribution in [-0.4, -0.2) is 11.0 Å². The third kappa shape index (κ3) is 3.06. The van der Waals surface area contributed by atoms with E-state index >= 15 is 0 Å². The number of benzene rings is 2. The van der Waals surface area contributed by atoms with Gasteiger partial charge in [-0.05, 0) is 58.7 Å². The average Bonchev–Trinajstić information content (AvgIpc) is 2.36. The summed E-state index contributed by atoms with van der Waals surface area (Å²) in [7, 11) is 0. The van der Waals surface area contributed by atoms with Crippen LogP contribution >= 0.6 is 15.9 Å². The van der Waals surface area contributed by atoms with Crippen LogP contribution in [0, 0.1) is 6.92 Å². The van der Waals surface area contributed by atoms with Crippen molar-refractivity contribution >= 4 is 33.2 Å². The summed E-state index contributed by atoms with van der Waals surface area (Å²) in [5.74, 6) is -0.190. The zero-order chi connectivity index (χ0) is 14.0. The Balaban J connectivity index is 2.23. The topological polar surface area (TPSA) is 75.4 Å². The van der Waals surface area contributed by atoms with Crippen molar-refractivity contribution in [2.75, 3.05) is 11.1 Å². The maximum atomic E-state index is 12.0. The van der Waals surface area contributed by atoms with Gasteiger partial charge in [-0.3, -0.25) is 4.79 Å². The number of nitrogens with two attached hydrogens (primary N) is 1. The van der Waals surface area contributed by atoms with Crippen molar-refractivity contribution in [3.8, 4) is 5.75 Å². The number of hydrogen-bond acceptors (Lipinski definition) is 3. The van der Waals surface area contributed by atoms with Crippen molar-refractivity contribution < 1.29 is 9.90 Å². The van der Waals surface area contributed by atoms with E-state index in [0.29, 0.717) is 21.4 Å². The SMILES string of the molecule is Cc1ccc(C(=O)Nc2ccc(N)cc2Br)cc1O. The van der Waals surface area contributed by atoms with E-state index < -0.39 is 0 Å². The van der Waals surface area contributed by atoms with Gasteiger partial charge in [0.15, 0.2) is 0 Å². The maximum absolute atomic E-state index is 12.0. The molecule has 2 aromatic rings. The van der Waals surface area contributed by atoms with E-state index in [9.17, 15) is 9.90 Å². The number of amides is 1. The Bertz CT molecular complexity index is 641. The molecule has 19 heavy (non-hydrogen) atoms. The number of carbonyl (C=O) groups excluding carboxylic acids is 1. The van der Waals surface area contributed by atoms with Crippen LogP contribution in [0.15, 0.2) is 40.9 Å². The molecule has 5 heteroatoms. The molecule has 0 aliphatic rings. The Morgan fingerprint density at radius 1 is 1.26 bits per heavy atom. The third-order valence-electron chi connectivity index (χ3n) is 2.71. The summed E-state index contributed by atoms with van der Waals surface area (Å²) in [6.45, 7) is 1.77. The number of aryl methyl sites for hydroxylation is 1. The number of halogens is 1. The fraction of sp³-hybridized carbons (Fsp3) is 0.0714. The van der Waals surface area contributed by atoms with Gasteiger partial charge >= 0.3 is 0 Å². The van der Waals surface area contributed by atoms with Crippen LogP contribution in [0.25, 0.3) is 0 Å². The van der Waals surface area contributed by atoms with Crippen molar-refractivity contribution in [1.82, 2.24) is 0 Å². The third-order valence-corrected chi connectivity index (χ3v) is 3.37. The Hall–Kier alpha value is -2.01. The minimum Gasteiger partial charge on any atom is -0.508 e. The summed E-state index contributed by atoms with van der Waals surface area (Å²) in [6.07, 6.45) is 0. The lowest BCUT2D eigenvalue weighted by molar-refractivity contribution is 0.102. The molecule has 0 heterocycles. The van der Waals surface area contributed by atoms with E-state index in [1.54, 1.807) is 37.3 Å². The Kier molecular flexibility index (Phi) is 3.76. The highest BCUT2D eigenvalue weighted by molar-refractivity contribution is 9.10. The van der Waals surface area contributed by atoms with E-state index in [2.05, 4.69) is 21.2 Å². The van der Waals surface area contributed by atoms with Gasteiger partial charge in [0.25, 0.3) is 5.91 Å². The van der Waals surface area contributed by atoms with E-state index in [4.69, 9.17) is 5.73 Å². The molecule has 1 amide bonds. The average molecular weight is 321 g/mol. The highest BCUT2D eigenvalue weighted by Gasteiger charge is 2.10. The van der Waals surface area contributed by atoms with Crippen molar-refractivity contribution in [3.63, 3.8) is 0 Å². The molecule has 98 valence electrons. The number of phenolic OH excluding ortho intramolecular Hbond substituents is 1. The van der Waals surface area contributed by atoms with Gasteiger partial charge in [0.1, 0.15) is 5.75 Å². The number of hydrogen-bond donors (Lipinski definition) is 3. The predicted molar refractivity (Wildman–Crippen MR) is 79.4 cm³/mol. The van der Waals surface area contributed by atoms with Crippen LogP contribution in [0.1, 0.15) is 15.9 Å². The van der Waals surface area contributed by atoms with Crippen molar-refractivity contribution in [2.24, 2.45) is 0 Å². The van der Waals surface area contributed by atoms with Gasteiger partial charge in [-0.15, -0.1) is 0 Å². The minimum absolute atomic E-state index is 0.101. The van der Waals surface area contributed by atoms with Gasteiger partial charge in [-0.25, -0.2) is 0 Å². The fourth-order valence-corrected chi connectivity index (χ4v) is 2.07. The van der Waals surface area contributed by atoms with Crippen LogP contribution in [0.5, 0.6) is 5.75 Å². The summed E-state index contributed by atoms with van der Waals surface area (Å²) in [6, 6.07) is 9.92. The Morgan fingerprint density at radius 2 is 2.00 bits per heavy atom. The minimum atomic E-state index is -0.291. The fourth-order valence-electron chi connectivity index (χ4n) is 1.58. The molecular formula is C14H13BrN2O2. The lowest BCUT2D eigenvalue weighted by Gasteiger charge is -2.09. The zero-order valence-electron chi connectivity index (χ0n) is 10.3. The number of anilines is 2. The molecule has 0 atom stereocenters. The van der Waals surface area contributed by atoms with E-state index in [1.165, 1.54) is 6.07 Å². The molecule has 0 saturated heterocycles. The van der Waals surface area contributed by atoms with Crippen molar-refractivity contribution in [2.45, 2.75) is 6.92 Å². The smallest absolute Gasteiger partial charge is 0.255 e. The number of nitrogen functional groups attached to an aromatic ring is 1. The highest BCUT2D eigenvalue weighted by atomic mass is 79.9. The molecule has 4 N–H and O–H groups in total. The molecule has 0 aromatic heterocycles. The lowest BCUT2D eigenvalue weighted by atomic mass is 10.1. The zero-order valence-corrected chi connectivity index (χ0v) is 11.9. The molecule has 0 aliphatic heterocycles. The summed E-state index contributed by atoms with van der Waals surface area (Å²) >= 11 is 3.33. The second kappa shape index (κ2) is 5.32. The summed E-state index contributed by atoms with van der Waals surface area (Å²) in [5, 5.41) is 12.3. The molecule has 4 nitrogen and oxygen atoms in total. The van der Waals surface area contributed by atoms with Gasteiger partial charge in [-0.2, -0.15) is 0 Å². The first-order chi connectivity index (χ1) is 8.97. The molecule has 0 bridgehead atoms. The number of aromatic hydroxyl groups is 1. The maximum Gasteiger partial charge on any atom is 0.255 e. The van der Waals surface area contributed by atoms with Gasteiger partial charge in [0, 0.05) is 15.7 Å².